The van der Waals surface area contributed by atoms with Crippen molar-refractivity contribution in [2.75, 3.05) is 19.0 Å². The van der Waals surface area contributed by atoms with E-state index in [1.54, 1.807) is 7.11 Å². The number of carbonyl (C=O) groups excluding carboxylic acids is 1. The molecule has 4 heteroatoms. The van der Waals surface area contributed by atoms with Crippen LogP contribution in [0.5, 0.6) is 5.75 Å². The highest BCUT2D eigenvalue weighted by molar-refractivity contribution is 5.97. The van der Waals surface area contributed by atoms with E-state index >= 15 is 0 Å². The van der Waals surface area contributed by atoms with Gasteiger partial charge in [-0.05, 0) is 50.5 Å². The normalized spacial score (nSPS) is 13.9. The van der Waals surface area contributed by atoms with Gasteiger partial charge in [-0.25, -0.2) is 0 Å². The lowest BCUT2D eigenvalue weighted by Crippen LogP contribution is -2.43. The number of ether oxygens (including phenoxy) is 2. The Kier molecular flexibility index (Phi) is 6.02. The van der Waals surface area contributed by atoms with Gasteiger partial charge < -0.3 is 14.8 Å². The van der Waals surface area contributed by atoms with Crippen LogP contribution in [-0.4, -0.2) is 25.2 Å². The minimum atomic E-state index is -0.803. The fraction of sp³-hybridized carbons (Fsp3) is 0.562. The molecule has 1 atom stereocenters. The molecule has 0 aliphatic heterocycles. The molecule has 0 heterocycles. The highest BCUT2D eigenvalue weighted by Gasteiger charge is 2.34. The molecule has 0 bridgehead atoms. The number of methoxy groups -OCH3 is 1. The fourth-order valence-corrected chi connectivity index (χ4v) is 2.25. The highest BCUT2D eigenvalue weighted by atomic mass is 16.5. The molecule has 0 saturated heterocycles. The zero-order chi connectivity index (χ0) is 15.2. The molecule has 1 aromatic rings. The maximum absolute atomic E-state index is 12.4. The van der Waals surface area contributed by atoms with Gasteiger partial charge in [0, 0.05) is 12.3 Å². The van der Waals surface area contributed by atoms with Crippen LogP contribution in [0.4, 0.5) is 5.69 Å². The van der Waals surface area contributed by atoms with Crippen LogP contribution >= 0.6 is 0 Å². The van der Waals surface area contributed by atoms with Crippen LogP contribution in [-0.2, 0) is 9.53 Å². The van der Waals surface area contributed by atoms with Gasteiger partial charge in [0.2, 0.25) is 0 Å². The number of carbonyl (C=O) groups is 1. The van der Waals surface area contributed by atoms with E-state index in [0.717, 1.165) is 11.4 Å². The molecule has 112 valence electrons. The smallest absolute Gasteiger partial charge is 0.256 e. The third-order valence-corrected chi connectivity index (χ3v) is 3.09. The van der Waals surface area contributed by atoms with Crippen molar-refractivity contribution in [1.29, 1.82) is 0 Å². The van der Waals surface area contributed by atoms with Crippen LogP contribution < -0.4 is 10.1 Å². The molecule has 1 unspecified atom stereocenters. The minimum absolute atomic E-state index is 0.113. The largest absolute Gasteiger partial charge is 0.497 e. The molecule has 0 aromatic heterocycles. The number of nitrogens with one attached hydrogen (secondary N) is 1. The molecule has 4 nitrogen and oxygen atoms in total. The molecule has 0 aliphatic rings. The molecule has 1 rings (SSSR count). The lowest BCUT2D eigenvalue weighted by atomic mass is 9.93. The Labute approximate surface area is 121 Å². The number of rotatable bonds is 7. The van der Waals surface area contributed by atoms with Crippen molar-refractivity contribution in [3.8, 4) is 5.75 Å². The Morgan fingerprint density at radius 1 is 1.30 bits per heavy atom. The van der Waals surface area contributed by atoms with Gasteiger partial charge in [0.05, 0.1) is 7.11 Å². The molecule has 1 aromatic carbocycles. The first-order valence-electron chi connectivity index (χ1n) is 7.00. The first-order chi connectivity index (χ1) is 9.41. The van der Waals surface area contributed by atoms with Gasteiger partial charge in [0.1, 0.15) is 11.4 Å². The topological polar surface area (TPSA) is 47.6 Å². The molecule has 0 saturated carbocycles. The molecule has 1 N–H and O–H groups in total. The van der Waals surface area contributed by atoms with Crippen LogP contribution in [0.2, 0.25) is 0 Å². The van der Waals surface area contributed by atoms with Gasteiger partial charge in [-0.15, -0.1) is 0 Å². The number of anilines is 1. The monoisotopic (exact) mass is 279 g/mol. The van der Waals surface area contributed by atoms with Crippen LogP contribution in [0.15, 0.2) is 24.3 Å². The van der Waals surface area contributed by atoms with Gasteiger partial charge in [-0.2, -0.15) is 0 Å². The molecule has 20 heavy (non-hydrogen) atoms. The number of hydrogen-bond acceptors (Lipinski definition) is 3. The van der Waals surface area contributed by atoms with Crippen molar-refractivity contribution in [1.82, 2.24) is 0 Å². The molecular formula is C16H25NO3. The second-order valence-corrected chi connectivity index (χ2v) is 5.44. The zero-order valence-corrected chi connectivity index (χ0v) is 13.0. The van der Waals surface area contributed by atoms with Crippen LogP contribution in [0, 0.1) is 5.92 Å². The van der Waals surface area contributed by atoms with E-state index in [1.807, 2.05) is 38.1 Å². The standard InChI is InChI=1S/C16H25NO3/c1-6-20-16(4,11-12(2)3)15(18)17-13-7-9-14(19-5)10-8-13/h7-10,12H,6,11H2,1-5H3,(H,17,18). The quantitative estimate of drug-likeness (QED) is 0.831. The Bertz CT molecular complexity index is 428. The van der Waals surface area contributed by atoms with E-state index in [9.17, 15) is 4.79 Å². The Balaban J connectivity index is 2.79. The first kappa shape index (κ1) is 16.5. The van der Waals surface area contributed by atoms with E-state index in [2.05, 4.69) is 19.2 Å². The van der Waals surface area contributed by atoms with Crippen molar-refractivity contribution in [3.05, 3.63) is 24.3 Å². The van der Waals surface area contributed by atoms with Gasteiger partial charge in [0.25, 0.3) is 5.91 Å². The summed E-state index contributed by atoms with van der Waals surface area (Å²) in [5, 5.41) is 2.90. The second kappa shape index (κ2) is 7.29. The minimum Gasteiger partial charge on any atom is -0.497 e. The maximum Gasteiger partial charge on any atom is 0.256 e. The van der Waals surface area contributed by atoms with E-state index in [1.165, 1.54) is 0 Å². The van der Waals surface area contributed by atoms with Crippen molar-refractivity contribution in [3.63, 3.8) is 0 Å². The van der Waals surface area contributed by atoms with Gasteiger partial charge in [-0.3, -0.25) is 4.79 Å². The second-order valence-electron chi connectivity index (χ2n) is 5.44. The molecular weight excluding hydrogens is 254 g/mol. The summed E-state index contributed by atoms with van der Waals surface area (Å²) in [6.45, 7) is 8.42. The Morgan fingerprint density at radius 3 is 2.35 bits per heavy atom. The van der Waals surface area contributed by atoms with E-state index < -0.39 is 5.60 Å². The summed E-state index contributed by atoms with van der Waals surface area (Å²) in [6, 6.07) is 7.27. The summed E-state index contributed by atoms with van der Waals surface area (Å²) >= 11 is 0. The molecule has 1 amide bonds. The number of amides is 1. The van der Waals surface area contributed by atoms with Crippen LogP contribution in [0.25, 0.3) is 0 Å². The number of hydrogen-bond donors (Lipinski definition) is 1. The third-order valence-electron chi connectivity index (χ3n) is 3.09. The summed E-state index contributed by atoms with van der Waals surface area (Å²) in [4.78, 5) is 12.4. The fourth-order valence-electron chi connectivity index (χ4n) is 2.25. The Morgan fingerprint density at radius 2 is 1.90 bits per heavy atom. The van der Waals surface area contributed by atoms with E-state index in [4.69, 9.17) is 9.47 Å². The summed E-state index contributed by atoms with van der Waals surface area (Å²) in [7, 11) is 1.61. The van der Waals surface area contributed by atoms with Crippen molar-refractivity contribution < 1.29 is 14.3 Å². The summed E-state index contributed by atoms with van der Waals surface area (Å²) in [6.07, 6.45) is 0.683. The average Bonchev–Trinajstić information content (AvgIpc) is 2.39. The maximum atomic E-state index is 12.4. The average molecular weight is 279 g/mol. The third kappa shape index (κ3) is 4.53. The van der Waals surface area contributed by atoms with E-state index in [-0.39, 0.29) is 5.91 Å². The summed E-state index contributed by atoms with van der Waals surface area (Å²) < 4.78 is 10.8. The first-order valence-corrected chi connectivity index (χ1v) is 7.00. The Hall–Kier alpha value is -1.55. The van der Waals surface area contributed by atoms with Gasteiger partial charge >= 0.3 is 0 Å². The van der Waals surface area contributed by atoms with Crippen LogP contribution in [0.3, 0.4) is 0 Å². The van der Waals surface area contributed by atoms with Crippen LogP contribution in [0.1, 0.15) is 34.1 Å². The molecule has 0 radical (unpaired) electrons. The number of benzene rings is 1. The zero-order valence-electron chi connectivity index (χ0n) is 13.0. The lowest BCUT2D eigenvalue weighted by Gasteiger charge is -2.29. The van der Waals surface area contributed by atoms with Gasteiger partial charge in [-0.1, -0.05) is 13.8 Å². The predicted octanol–water partition coefficient (Wildman–Crippen LogP) is 3.48. The van der Waals surface area contributed by atoms with E-state index in [0.29, 0.717) is 18.9 Å². The summed E-state index contributed by atoms with van der Waals surface area (Å²) in [5.41, 5.74) is -0.0615. The predicted molar refractivity (Wildman–Crippen MR) is 81.1 cm³/mol. The molecule has 0 aliphatic carbocycles. The van der Waals surface area contributed by atoms with Crippen molar-refractivity contribution in [2.45, 2.75) is 39.7 Å². The lowest BCUT2D eigenvalue weighted by molar-refractivity contribution is -0.140. The highest BCUT2D eigenvalue weighted by Crippen LogP contribution is 2.24. The van der Waals surface area contributed by atoms with Gasteiger partial charge in [0.15, 0.2) is 0 Å². The molecule has 0 fully saturated rings. The van der Waals surface area contributed by atoms with Crippen molar-refractivity contribution >= 4 is 11.6 Å². The van der Waals surface area contributed by atoms with Crippen molar-refractivity contribution in [2.24, 2.45) is 5.92 Å². The SMILES string of the molecule is CCOC(C)(CC(C)C)C(=O)Nc1ccc(OC)cc1. The summed E-state index contributed by atoms with van der Waals surface area (Å²) in [5.74, 6) is 1.03. The molecule has 0 spiro atoms.